The van der Waals surface area contributed by atoms with Crippen molar-refractivity contribution in [1.82, 2.24) is 4.90 Å². The molecule has 2 nitrogen and oxygen atoms in total. The van der Waals surface area contributed by atoms with E-state index < -0.39 is 6.10 Å². The van der Waals surface area contributed by atoms with Crippen LogP contribution in [-0.2, 0) is 0 Å². The summed E-state index contributed by atoms with van der Waals surface area (Å²) in [6.45, 7) is 4.35. The van der Waals surface area contributed by atoms with Gasteiger partial charge >= 0.3 is 0 Å². The molecule has 4 heteroatoms. The summed E-state index contributed by atoms with van der Waals surface area (Å²) < 4.78 is 0. The molecule has 1 N–H and O–H groups in total. The molecule has 1 aromatic carbocycles. The zero-order valence-corrected chi connectivity index (χ0v) is 12.3. The van der Waals surface area contributed by atoms with Crippen molar-refractivity contribution in [2.45, 2.75) is 25.5 Å². The van der Waals surface area contributed by atoms with E-state index in [0.29, 0.717) is 11.1 Å². The Morgan fingerprint density at radius 2 is 2.39 bits per heavy atom. The highest BCUT2D eigenvalue weighted by atomic mass is 35.5. The minimum Gasteiger partial charge on any atom is -0.388 e. The van der Waals surface area contributed by atoms with Gasteiger partial charge in [0.2, 0.25) is 0 Å². The fourth-order valence-electron chi connectivity index (χ4n) is 2.26. The molecule has 1 aliphatic heterocycles. The monoisotopic (exact) mass is 285 g/mol. The van der Waals surface area contributed by atoms with Crippen LogP contribution in [-0.4, -0.2) is 40.6 Å². The Hall–Kier alpha value is -0.220. The van der Waals surface area contributed by atoms with E-state index in [1.807, 2.05) is 36.0 Å². The van der Waals surface area contributed by atoms with E-state index in [0.717, 1.165) is 25.1 Å². The van der Waals surface area contributed by atoms with Crippen LogP contribution in [0.25, 0.3) is 0 Å². The van der Waals surface area contributed by atoms with Gasteiger partial charge in [0.05, 0.1) is 6.10 Å². The average Bonchev–Trinajstić information content (AvgIpc) is 2.37. The zero-order chi connectivity index (χ0) is 13.0. The van der Waals surface area contributed by atoms with Crippen molar-refractivity contribution < 1.29 is 5.11 Å². The molecule has 0 amide bonds. The van der Waals surface area contributed by atoms with Gasteiger partial charge in [-0.05, 0) is 31.0 Å². The summed E-state index contributed by atoms with van der Waals surface area (Å²) in [5.74, 6) is 2.41. The van der Waals surface area contributed by atoms with Crippen LogP contribution < -0.4 is 0 Å². The van der Waals surface area contributed by atoms with Crippen molar-refractivity contribution in [1.29, 1.82) is 0 Å². The van der Waals surface area contributed by atoms with E-state index in [2.05, 4.69) is 11.8 Å². The molecule has 0 saturated carbocycles. The minimum atomic E-state index is -0.412. The van der Waals surface area contributed by atoms with Gasteiger partial charge in [0, 0.05) is 35.7 Å². The van der Waals surface area contributed by atoms with Crippen molar-refractivity contribution in [3.63, 3.8) is 0 Å². The van der Waals surface area contributed by atoms with Crippen LogP contribution in [0.1, 0.15) is 25.0 Å². The van der Waals surface area contributed by atoms with Crippen LogP contribution in [0.15, 0.2) is 24.3 Å². The van der Waals surface area contributed by atoms with Gasteiger partial charge in [-0.25, -0.2) is 0 Å². The number of aliphatic hydroxyl groups is 1. The molecule has 0 spiro atoms. The molecule has 0 aliphatic carbocycles. The van der Waals surface area contributed by atoms with E-state index >= 15 is 0 Å². The third-order valence-corrected chi connectivity index (χ3v) is 4.85. The number of hydrogen-bond donors (Lipinski definition) is 1. The lowest BCUT2D eigenvalue weighted by atomic mass is 10.1. The molecule has 1 aliphatic rings. The first-order chi connectivity index (χ1) is 8.66. The lowest BCUT2D eigenvalue weighted by molar-refractivity contribution is 0.133. The maximum absolute atomic E-state index is 10.2. The Bertz CT molecular complexity index is 388. The zero-order valence-electron chi connectivity index (χ0n) is 10.7. The molecular weight excluding hydrogens is 266 g/mol. The lowest BCUT2D eigenvalue weighted by Crippen LogP contribution is -2.41. The largest absolute Gasteiger partial charge is 0.388 e. The van der Waals surface area contributed by atoms with Gasteiger partial charge in [0.25, 0.3) is 0 Å². The van der Waals surface area contributed by atoms with Crippen LogP contribution in [0.2, 0.25) is 5.02 Å². The Kier molecular flexibility index (Phi) is 5.37. The quantitative estimate of drug-likeness (QED) is 0.919. The van der Waals surface area contributed by atoms with E-state index in [4.69, 9.17) is 11.6 Å². The van der Waals surface area contributed by atoms with Gasteiger partial charge in [0.15, 0.2) is 0 Å². The van der Waals surface area contributed by atoms with Crippen molar-refractivity contribution >= 4 is 23.4 Å². The molecule has 100 valence electrons. The lowest BCUT2D eigenvalue weighted by Gasteiger charge is -2.33. The second-order valence-electron chi connectivity index (χ2n) is 4.82. The number of rotatable bonds is 4. The van der Waals surface area contributed by atoms with Gasteiger partial charge in [-0.2, -0.15) is 11.8 Å². The summed E-state index contributed by atoms with van der Waals surface area (Å²) in [6.07, 6.45) is 0.362. The third kappa shape index (κ3) is 3.89. The molecule has 0 aromatic heterocycles. The number of thioether (sulfide) groups is 1. The van der Waals surface area contributed by atoms with Gasteiger partial charge in [-0.3, -0.25) is 4.90 Å². The Labute approximate surface area is 118 Å². The van der Waals surface area contributed by atoms with Crippen LogP contribution in [0, 0.1) is 0 Å². The second kappa shape index (κ2) is 6.80. The van der Waals surface area contributed by atoms with Crippen molar-refractivity contribution in [2.24, 2.45) is 0 Å². The van der Waals surface area contributed by atoms with E-state index in [1.165, 1.54) is 11.5 Å². The van der Waals surface area contributed by atoms with Crippen molar-refractivity contribution in [3.8, 4) is 0 Å². The summed E-state index contributed by atoms with van der Waals surface area (Å²) in [5.41, 5.74) is 0.918. The van der Waals surface area contributed by atoms with Crippen LogP contribution in [0.5, 0.6) is 0 Å². The molecule has 1 fully saturated rings. The van der Waals surface area contributed by atoms with Crippen LogP contribution >= 0.6 is 23.4 Å². The van der Waals surface area contributed by atoms with Gasteiger partial charge in [0.1, 0.15) is 0 Å². The second-order valence-corrected chi connectivity index (χ2v) is 6.41. The first-order valence-electron chi connectivity index (χ1n) is 6.42. The fraction of sp³-hybridized carbons (Fsp3) is 0.571. The summed E-state index contributed by atoms with van der Waals surface area (Å²) in [4.78, 5) is 2.46. The first kappa shape index (κ1) is 14.2. The molecule has 1 aromatic rings. The molecule has 2 atom stereocenters. The third-order valence-electron chi connectivity index (χ3n) is 3.43. The van der Waals surface area contributed by atoms with Crippen molar-refractivity contribution in [3.05, 3.63) is 34.9 Å². The highest BCUT2D eigenvalue weighted by Gasteiger charge is 2.19. The SMILES string of the molecule is CC1CSCCN1CCC(O)c1cccc(Cl)c1. The molecule has 1 saturated heterocycles. The fourth-order valence-corrected chi connectivity index (χ4v) is 3.54. The maximum atomic E-state index is 10.2. The molecular formula is C14H20ClNOS. The Morgan fingerprint density at radius 1 is 1.56 bits per heavy atom. The number of nitrogens with zero attached hydrogens (tertiary/aromatic N) is 1. The Balaban J connectivity index is 1.86. The molecule has 2 unspecified atom stereocenters. The predicted molar refractivity (Wildman–Crippen MR) is 79.4 cm³/mol. The average molecular weight is 286 g/mol. The number of hydrogen-bond acceptors (Lipinski definition) is 3. The standard InChI is InChI=1S/C14H20ClNOS/c1-11-10-18-8-7-16(11)6-5-14(17)12-3-2-4-13(15)9-12/h2-4,9,11,14,17H,5-8,10H2,1H3. The molecule has 2 rings (SSSR count). The topological polar surface area (TPSA) is 23.5 Å². The maximum Gasteiger partial charge on any atom is 0.0802 e. The van der Waals surface area contributed by atoms with E-state index in [-0.39, 0.29) is 0 Å². The Morgan fingerprint density at radius 3 is 3.11 bits per heavy atom. The molecule has 18 heavy (non-hydrogen) atoms. The molecule has 0 bridgehead atoms. The summed E-state index contributed by atoms with van der Waals surface area (Å²) in [7, 11) is 0. The van der Waals surface area contributed by atoms with Crippen molar-refractivity contribution in [2.75, 3.05) is 24.6 Å². The summed E-state index contributed by atoms with van der Waals surface area (Å²) in [6, 6.07) is 8.13. The van der Waals surface area contributed by atoms with Crippen LogP contribution in [0.4, 0.5) is 0 Å². The van der Waals surface area contributed by atoms with Gasteiger partial charge in [-0.1, -0.05) is 23.7 Å². The first-order valence-corrected chi connectivity index (χ1v) is 7.95. The summed E-state index contributed by atoms with van der Waals surface area (Å²) >= 11 is 7.95. The predicted octanol–water partition coefficient (Wildman–Crippen LogP) is 3.20. The highest BCUT2D eigenvalue weighted by molar-refractivity contribution is 7.99. The van der Waals surface area contributed by atoms with Gasteiger partial charge in [-0.15, -0.1) is 0 Å². The van der Waals surface area contributed by atoms with E-state index in [1.54, 1.807) is 0 Å². The number of aliphatic hydroxyl groups excluding tert-OH is 1. The van der Waals surface area contributed by atoms with Crippen LogP contribution in [0.3, 0.4) is 0 Å². The highest BCUT2D eigenvalue weighted by Crippen LogP contribution is 2.22. The number of halogens is 1. The minimum absolute atomic E-state index is 0.412. The molecule has 0 radical (unpaired) electrons. The number of benzene rings is 1. The smallest absolute Gasteiger partial charge is 0.0802 e. The molecule has 1 heterocycles. The normalized spacial score (nSPS) is 22.9. The van der Waals surface area contributed by atoms with E-state index in [9.17, 15) is 5.11 Å². The summed E-state index contributed by atoms with van der Waals surface area (Å²) in [5, 5.41) is 10.9. The van der Waals surface area contributed by atoms with Gasteiger partial charge < -0.3 is 5.11 Å².